The maximum Gasteiger partial charge on any atom is 0.272 e. The number of ether oxygens (including phenoxy) is 3. The Kier molecular flexibility index (Phi) is 15.2. The van der Waals surface area contributed by atoms with E-state index in [4.69, 9.17) is 18.4 Å². The minimum absolute atomic E-state index is 0.000248. The molecule has 0 saturated carbocycles. The average molecular weight is 1050 g/mol. The van der Waals surface area contributed by atoms with E-state index < -0.39 is 26.2 Å². The normalized spacial score (nSPS) is 18.3. The number of benzene rings is 5. The van der Waals surface area contributed by atoms with Crippen molar-refractivity contribution in [1.82, 2.24) is 5.32 Å². The van der Waals surface area contributed by atoms with Crippen molar-refractivity contribution in [2.45, 2.75) is 120 Å². The van der Waals surface area contributed by atoms with E-state index in [1.165, 1.54) is 5.56 Å². The van der Waals surface area contributed by atoms with Crippen molar-refractivity contribution >= 4 is 72.4 Å². The first kappa shape index (κ1) is 51.9. The molecule has 0 radical (unpaired) electrons. The predicted molar refractivity (Wildman–Crippen MR) is 288 cm³/mol. The van der Waals surface area contributed by atoms with Gasteiger partial charge in [0.15, 0.2) is 11.5 Å². The fourth-order valence-electron chi connectivity index (χ4n) is 10.5. The van der Waals surface area contributed by atoms with Crippen LogP contribution < -0.4 is 34.6 Å². The molecule has 2 N–H and O–H groups in total. The molecule has 5 aromatic rings. The lowest BCUT2D eigenvalue weighted by Crippen LogP contribution is -2.47. The Labute approximate surface area is 435 Å². The van der Waals surface area contributed by atoms with Gasteiger partial charge < -0.3 is 34.6 Å². The first-order valence-corrected chi connectivity index (χ1v) is 28.3. The Balaban J connectivity index is 0.972. The first-order valence-electron chi connectivity index (χ1n) is 24.7. The number of fused-ring (bicyclic) bond motifs is 8. The van der Waals surface area contributed by atoms with Gasteiger partial charge in [0.1, 0.15) is 24.2 Å². The number of hydrogen-bond donors (Lipinski definition) is 2. The Hall–Kier alpha value is -6.01. The third-order valence-electron chi connectivity index (χ3n) is 14.2. The van der Waals surface area contributed by atoms with Gasteiger partial charge in [-0.25, -0.2) is 0 Å². The van der Waals surface area contributed by atoms with Crippen molar-refractivity contribution in [2.24, 2.45) is 0 Å². The lowest BCUT2D eigenvalue weighted by Gasteiger charge is -2.28. The fourth-order valence-corrected chi connectivity index (χ4v) is 14.3. The van der Waals surface area contributed by atoms with Gasteiger partial charge in [-0.05, 0) is 153 Å². The average Bonchev–Trinajstić information content (AvgIpc) is 3.88. The Morgan fingerprint density at radius 3 is 2.08 bits per heavy atom. The Morgan fingerprint density at radius 2 is 1.40 bits per heavy atom. The zero-order valence-electron chi connectivity index (χ0n) is 42.2. The summed E-state index contributed by atoms with van der Waals surface area (Å²) in [6.45, 7) is 8.12. The Bertz CT molecular complexity index is 3090. The van der Waals surface area contributed by atoms with Gasteiger partial charge >= 0.3 is 0 Å². The van der Waals surface area contributed by atoms with Crippen LogP contribution >= 0.6 is 21.6 Å². The van der Waals surface area contributed by atoms with E-state index in [2.05, 4.69) is 23.6 Å². The largest absolute Gasteiger partial charge is 0.493 e. The quantitative estimate of drug-likeness (QED) is 0.0631. The van der Waals surface area contributed by atoms with Crippen molar-refractivity contribution in [3.63, 3.8) is 0 Å². The molecule has 0 spiro atoms. The molecule has 4 aliphatic heterocycles. The summed E-state index contributed by atoms with van der Waals surface area (Å²) >= 11 is 0. The van der Waals surface area contributed by atoms with Crippen LogP contribution in [0, 0.1) is 6.92 Å². The summed E-state index contributed by atoms with van der Waals surface area (Å²) in [4.78, 5) is 57.8. The third kappa shape index (κ3) is 11.1. The summed E-state index contributed by atoms with van der Waals surface area (Å²) in [5, 5.41) is 4.97. The standard InChI is InChI=1S/C56H62N4O10S3/c1-33-20-43-40(28-51(73(65,66)68-7)47-25-39-13-9-11-15-46(39)60(47)55(43)64)27-48(33)69-31-35-21-36(23-41(22-35)58-53(62)30-56(3,4)72-71-34(2)16-19-52(61)57-5)32-70-50-26-37-17-18-42-24-38-12-8-10-14-45(38)59(42)54(63)44(37)29-49(50)67-6/h8-15,20-23,26-27,29,34,42,47,51H,16-19,24-25,28,30-32H2,1-7H3,(H,57,61)(H,58,62)/t34?,42-,47+,51?/m1/s1. The minimum Gasteiger partial charge on any atom is -0.493 e. The van der Waals surface area contributed by atoms with E-state index in [0.717, 1.165) is 48.8 Å². The molecular formula is C56H62N4O10S3. The molecular weight excluding hydrogens is 985 g/mol. The topological polar surface area (TPSA) is 170 Å². The van der Waals surface area contributed by atoms with Crippen LogP contribution in [0.4, 0.5) is 17.1 Å². The van der Waals surface area contributed by atoms with Crippen LogP contribution in [0.1, 0.15) is 106 Å². The minimum atomic E-state index is -4.08. The summed E-state index contributed by atoms with van der Waals surface area (Å²) in [5.41, 5.74) is 8.82. The van der Waals surface area contributed by atoms with Gasteiger partial charge in [-0.15, -0.1) is 0 Å². The van der Waals surface area contributed by atoms with Crippen LogP contribution in [0.5, 0.6) is 17.2 Å². The zero-order valence-corrected chi connectivity index (χ0v) is 44.7. The third-order valence-corrected chi connectivity index (χ3v) is 19.7. The lowest BCUT2D eigenvalue weighted by atomic mass is 9.97. The number of carbonyl (C=O) groups excluding carboxylic acids is 4. The second-order valence-electron chi connectivity index (χ2n) is 19.9. The zero-order chi connectivity index (χ0) is 51.8. The van der Waals surface area contributed by atoms with Gasteiger partial charge in [-0.1, -0.05) is 64.9 Å². The maximum absolute atomic E-state index is 14.4. The second kappa shape index (κ2) is 21.5. The number of methoxy groups -OCH3 is 1. The van der Waals surface area contributed by atoms with Crippen molar-refractivity contribution in [3.05, 3.63) is 141 Å². The van der Waals surface area contributed by atoms with Crippen molar-refractivity contribution < 1.29 is 46.0 Å². The van der Waals surface area contributed by atoms with Gasteiger partial charge in [0, 0.05) is 64.1 Å². The summed E-state index contributed by atoms with van der Waals surface area (Å²) in [6.07, 6.45) is 4.09. The highest BCUT2D eigenvalue weighted by atomic mass is 33.1. The molecule has 17 heteroatoms. The molecule has 73 heavy (non-hydrogen) atoms. The van der Waals surface area contributed by atoms with E-state index in [9.17, 15) is 27.6 Å². The molecule has 0 saturated heterocycles. The summed E-state index contributed by atoms with van der Waals surface area (Å²) in [7, 11) is 3.54. The van der Waals surface area contributed by atoms with Crippen molar-refractivity contribution in [3.8, 4) is 17.2 Å². The molecule has 0 aliphatic carbocycles. The van der Waals surface area contributed by atoms with Gasteiger partial charge in [0.25, 0.3) is 21.9 Å². The number of hydrogen-bond acceptors (Lipinski definition) is 12. The number of carbonyl (C=O) groups is 4. The van der Waals surface area contributed by atoms with Crippen LogP contribution in [0.2, 0.25) is 0 Å². The molecule has 9 rings (SSSR count). The molecule has 4 aliphatic rings. The van der Waals surface area contributed by atoms with Crippen LogP contribution in [0.3, 0.4) is 0 Å². The van der Waals surface area contributed by atoms with Gasteiger partial charge in [0.2, 0.25) is 11.8 Å². The van der Waals surface area contributed by atoms with Crippen molar-refractivity contribution in [2.75, 3.05) is 36.4 Å². The molecule has 2 unspecified atom stereocenters. The Morgan fingerprint density at radius 1 is 0.767 bits per heavy atom. The molecule has 0 aromatic heterocycles. The molecule has 0 bridgehead atoms. The molecule has 5 aromatic carbocycles. The maximum atomic E-state index is 14.4. The highest BCUT2D eigenvalue weighted by molar-refractivity contribution is 8.77. The van der Waals surface area contributed by atoms with Crippen molar-refractivity contribution in [1.29, 1.82) is 0 Å². The van der Waals surface area contributed by atoms with Crippen LogP contribution in [0.15, 0.2) is 91.0 Å². The fraction of sp³-hybridized carbons (Fsp3) is 0.393. The van der Waals surface area contributed by atoms with Crippen LogP contribution in [-0.4, -0.2) is 80.6 Å². The molecule has 4 amide bonds. The number of nitrogens with zero attached hydrogens (tertiary/aromatic N) is 2. The summed E-state index contributed by atoms with van der Waals surface area (Å²) in [5.74, 6) is 0.866. The van der Waals surface area contributed by atoms with Gasteiger partial charge in [-0.3, -0.25) is 23.4 Å². The number of aryl methyl sites for hydroxylation is 2. The van der Waals surface area contributed by atoms with Crippen LogP contribution in [-0.2, 0) is 62.8 Å². The molecule has 14 nitrogen and oxygen atoms in total. The van der Waals surface area contributed by atoms with E-state index in [-0.39, 0.29) is 61.0 Å². The predicted octanol–water partition coefficient (Wildman–Crippen LogP) is 9.56. The monoisotopic (exact) mass is 1050 g/mol. The van der Waals surface area contributed by atoms with E-state index in [1.807, 2.05) is 92.4 Å². The highest BCUT2D eigenvalue weighted by Crippen LogP contribution is 2.44. The van der Waals surface area contributed by atoms with E-state index in [1.54, 1.807) is 58.8 Å². The number of nitrogens with one attached hydrogen (secondary N) is 2. The lowest BCUT2D eigenvalue weighted by molar-refractivity contribution is -0.120. The molecule has 384 valence electrons. The number of para-hydroxylation sites is 2. The number of amides is 4. The SMILES string of the molecule is CNC(=O)CCC(C)SSC(C)(C)CC(=O)Nc1cc(COc2cc3c(cc2C)C(=O)N2c4ccccc4C[C@H]2C(S(=O)(=O)OC)C3)cc(COc2cc3c(cc2OC)C(=O)N2c4ccccc4C[C@H]2CC3)c1. The number of rotatable bonds is 18. The van der Waals surface area contributed by atoms with Gasteiger partial charge in [0.05, 0.1) is 20.3 Å². The molecule has 4 atom stereocenters. The van der Waals surface area contributed by atoms with E-state index in [0.29, 0.717) is 75.7 Å². The molecule has 4 heterocycles. The summed E-state index contributed by atoms with van der Waals surface area (Å²) in [6, 6.07) is 27.9. The molecule has 0 fully saturated rings. The summed E-state index contributed by atoms with van der Waals surface area (Å²) < 4.78 is 50.8. The van der Waals surface area contributed by atoms with Crippen LogP contribution in [0.25, 0.3) is 0 Å². The smallest absolute Gasteiger partial charge is 0.272 e. The second-order valence-corrected chi connectivity index (χ2v) is 25.2. The first-order chi connectivity index (χ1) is 34.9. The van der Waals surface area contributed by atoms with E-state index >= 15 is 0 Å². The van der Waals surface area contributed by atoms with Gasteiger partial charge in [-0.2, -0.15) is 8.42 Å². The number of anilines is 3. The highest BCUT2D eigenvalue weighted by Gasteiger charge is 2.48.